The lowest BCUT2D eigenvalue weighted by Gasteiger charge is -2.25. The average molecular weight is 245 g/mol. The molecule has 0 amide bonds. The van der Waals surface area contributed by atoms with Crippen molar-refractivity contribution in [3.8, 4) is 0 Å². The molecule has 2 N–H and O–H groups in total. The number of benzene rings is 1. The van der Waals surface area contributed by atoms with E-state index in [9.17, 15) is 0 Å². The molecule has 100 valence electrons. The summed E-state index contributed by atoms with van der Waals surface area (Å²) >= 11 is 0. The van der Waals surface area contributed by atoms with Crippen LogP contribution >= 0.6 is 0 Å². The van der Waals surface area contributed by atoms with E-state index in [-0.39, 0.29) is 5.54 Å². The van der Waals surface area contributed by atoms with E-state index in [1.807, 2.05) is 0 Å². The van der Waals surface area contributed by atoms with E-state index in [1.165, 1.54) is 56.1 Å². The normalized spacial score (nSPS) is 22.1. The number of unbranched alkanes of at least 4 members (excludes halogenated alkanes) is 5. The van der Waals surface area contributed by atoms with E-state index >= 15 is 0 Å². The molecule has 0 spiro atoms. The molecule has 18 heavy (non-hydrogen) atoms. The van der Waals surface area contributed by atoms with Crippen molar-refractivity contribution in [1.29, 1.82) is 0 Å². The van der Waals surface area contributed by atoms with Crippen LogP contribution < -0.4 is 5.73 Å². The highest BCUT2D eigenvalue weighted by atomic mass is 14.8. The third-order valence-electron chi connectivity index (χ3n) is 4.37. The molecular weight excluding hydrogens is 218 g/mol. The minimum atomic E-state index is -0.0264. The first-order valence-electron chi connectivity index (χ1n) is 7.63. The molecule has 0 aliphatic heterocycles. The Hall–Kier alpha value is -0.820. The maximum Gasteiger partial charge on any atom is 0.0415 e. The van der Waals surface area contributed by atoms with Crippen LogP contribution in [-0.2, 0) is 12.0 Å². The molecule has 0 bridgehead atoms. The standard InChI is InChI=1S/C17H27N/c1-2-3-4-5-6-9-13-17(18)14-12-15-10-7-8-11-16(15)17/h7-8,10-11H,2-6,9,12-14,18H2,1H3. The second-order valence-corrected chi connectivity index (χ2v) is 5.83. The molecule has 0 heterocycles. The molecule has 0 saturated heterocycles. The van der Waals surface area contributed by atoms with Crippen molar-refractivity contribution in [2.75, 3.05) is 0 Å². The second-order valence-electron chi connectivity index (χ2n) is 5.83. The number of aryl methyl sites for hydroxylation is 1. The van der Waals surface area contributed by atoms with Gasteiger partial charge in [-0.1, -0.05) is 69.7 Å². The zero-order valence-corrected chi connectivity index (χ0v) is 11.8. The third-order valence-corrected chi connectivity index (χ3v) is 4.37. The summed E-state index contributed by atoms with van der Waals surface area (Å²) in [5.41, 5.74) is 9.48. The van der Waals surface area contributed by atoms with Crippen molar-refractivity contribution >= 4 is 0 Å². The molecule has 0 fully saturated rings. The van der Waals surface area contributed by atoms with Crippen LogP contribution in [0.1, 0.15) is 69.4 Å². The van der Waals surface area contributed by atoms with Gasteiger partial charge in [0.25, 0.3) is 0 Å². The Bertz CT molecular complexity index is 372. The molecule has 1 nitrogen and oxygen atoms in total. The minimum Gasteiger partial charge on any atom is -0.321 e. The summed E-state index contributed by atoms with van der Waals surface area (Å²) < 4.78 is 0. The molecule has 1 aromatic rings. The van der Waals surface area contributed by atoms with Crippen LogP contribution in [-0.4, -0.2) is 0 Å². The number of nitrogens with two attached hydrogens (primary N) is 1. The smallest absolute Gasteiger partial charge is 0.0415 e. The molecule has 2 rings (SSSR count). The van der Waals surface area contributed by atoms with Crippen LogP contribution in [0.3, 0.4) is 0 Å². The Morgan fingerprint density at radius 2 is 1.78 bits per heavy atom. The van der Waals surface area contributed by atoms with Crippen LogP contribution in [0.15, 0.2) is 24.3 Å². The van der Waals surface area contributed by atoms with Gasteiger partial charge in [-0.25, -0.2) is 0 Å². The predicted molar refractivity (Wildman–Crippen MR) is 78.6 cm³/mol. The Morgan fingerprint density at radius 1 is 1.06 bits per heavy atom. The largest absolute Gasteiger partial charge is 0.321 e. The van der Waals surface area contributed by atoms with Crippen LogP contribution in [0.2, 0.25) is 0 Å². The lowest BCUT2D eigenvalue weighted by molar-refractivity contribution is 0.384. The number of fused-ring (bicyclic) bond motifs is 1. The van der Waals surface area contributed by atoms with Gasteiger partial charge in [-0.15, -0.1) is 0 Å². The van der Waals surface area contributed by atoms with Crippen molar-refractivity contribution in [2.45, 2.75) is 70.3 Å². The van der Waals surface area contributed by atoms with E-state index in [2.05, 4.69) is 31.2 Å². The van der Waals surface area contributed by atoms with Crippen molar-refractivity contribution in [3.63, 3.8) is 0 Å². The summed E-state index contributed by atoms with van der Waals surface area (Å²) in [7, 11) is 0. The predicted octanol–water partition coefficient (Wildman–Crippen LogP) is 4.54. The molecule has 1 aromatic carbocycles. The Morgan fingerprint density at radius 3 is 2.61 bits per heavy atom. The van der Waals surface area contributed by atoms with Crippen LogP contribution in [0.5, 0.6) is 0 Å². The third kappa shape index (κ3) is 3.14. The SMILES string of the molecule is CCCCCCCCC1(N)CCc2ccccc21. The van der Waals surface area contributed by atoms with Crippen molar-refractivity contribution in [3.05, 3.63) is 35.4 Å². The van der Waals surface area contributed by atoms with Gasteiger partial charge in [0, 0.05) is 5.54 Å². The van der Waals surface area contributed by atoms with Crippen LogP contribution in [0, 0.1) is 0 Å². The zero-order chi connectivity index (χ0) is 12.8. The maximum absolute atomic E-state index is 6.61. The molecule has 1 aliphatic rings. The van der Waals surface area contributed by atoms with E-state index in [1.54, 1.807) is 0 Å². The highest BCUT2D eigenvalue weighted by Gasteiger charge is 2.33. The van der Waals surface area contributed by atoms with Gasteiger partial charge in [-0.3, -0.25) is 0 Å². The summed E-state index contributed by atoms with van der Waals surface area (Å²) in [6.07, 6.45) is 11.6. The van der Waals surface area contributed by atoms with Crippen LogP contribution in [0.25, 0.3) is 0 Å². The molecular formula is C17H27N. The average Bonchev–Trinajstić information content (AvgIpc) is 2.73. The first-order chi connectivity index (χ1) is 8.76. The van der Waals surface area contributed by atoms with Gasteiger partial charge in [0.1, 0.15) is 0 Å². The van der Waals surface area contributed by atoms with Gasteiger partial charge in [-0.2, -0.15) is 0 Å². The summed E-state index contributed by atoms with van der Waals surface area (Å²) in [6, 6.07) is 8.74. The lowest BCUT2D eigenvalue weighted by atomic mass is 9.87. The summed E-state index contributed by atoms with van der Waals surface area (Å²) in [6.45, 7) is 2.27. The number of hydrogen-bond donors (Lipinski definition) is 1. The second kappa shape index (κ2) is 6.38. The summed E-state index contributed by atoms with van der Waals surface area (Å²) in [5.74, 6) is 0. The fraction of sp³-hybridized carbons (Fsp3) is 0.647. The molecule has 0 radical (unpaired) electrons. The molecule has 1 unspecified atom stereocenters. The zero-order valence-electron chi connectivity index (χ0n) is 11.8. The topological polar surface area (TPSA) is 26.0 Å². The number of hydrogen-bond acceptors (Lipinski definition) is 1. The van der Waals surface area contributed by atoms with E-state index in [0.29, 0.717) is 0 Å². The fourth-order valence-corrected chi connectivity index (χ4v) is 3.20. The molecule has 0 aromatic heterocycles. The quantitative estimate of drug-likeness (QED) is 0.701. The van der Waals surface area contributed by atoms with Crippen molar-refractivity contribution in [2.24, 2.45) is 5.73 Å². The lowest BCUT2D eigenvalue weighted by Crippen LogP contribution is -2.33. The molecule has 1 aliphatic carbocycles. The van der Waals surface area contributed by atoms with Gasteiger partial charge < -0.3 is 5.73 Å². The van der Waals surface area contributed by atoms with E-state index in [4.69, 9.17) is 5.73 Å². The molecule has 1 heteroatoms. The van der Waals surface area contributed by atoms with Gasteiger partial charge in [0.2, 0.25) is 0 Å². The first kappa shape index (κ1) is 13.6. The Labute approximate surface area is 112 Å². The van der Waals surface area contributed by atoms with Crippen molar-refractivity contribution < 1.29 is 0 Å². The van der Waals surface area contributed by atoms with Crippen molar-refractivity contribution in [1.82, 2.24) is 0 Å². The highest BCUT2D eigenvalue weighted by Crippen LogP contribution is 2.38. The first-order valence-corrected chi connectivity index (χ1v) is 7.63. The number of rotatable bonds is 7. The summed E-state index contributed by atoms with van der Waals surface area (Å²) in [5, 5.41) is 0. The van der Waals surface area contributed by atoms with Gasteiger partial charge in [-0.05, 0) is 30.4 Å². The van der Waals surface area contributed by atoms with Gasteiger partial charge in [0.05, 0.1) is 0 Å². The molecule has 1 atom stereocenters. The summed E-state index contributed by atoms with van der Waals surface area (Å²) in [4.78, 5) is 0. The monoisotopic (exact) mass is 245 g/mol. The molecule has 0 saturated carbocycles. The van der Waals surface area contributed by atoms with E-state index < -0.39 is 0 Å². The van der Waals surface area contributed by atoms with Gasteiger partial charge >= 0.3 is 0 Å². The van der Waals surface area contributed by atoms with Crippen LogP contribution in [0.4, 0.5) is 0 Å². The van der Waals surface area contributed by atoms with E-state index in [0.717, 1.165) is 12.8 Å². The fourth-order valence-electron chi connectivity index (χ4n) is 3.20. The minimum absolute atomic E-state index is 0.0264. The van der Waals surface area contributed by atoms with Gasteiger partial charge in [0.15, 0.2) is 0 Å². The highest BCUT2D eigenvalue weighted by molar-refractivity contribution is 5.38. The maximum atomic E-state index is 6.61. The Balaban J connectivity index is 1.79. The Kier molecular flexibility index (Phi) is 4.82.